The van der Waals surface area contributed by atoms with E-state index in [0.29, 0.717) is 17.4 Å². The van der Waals surface area contributed by atoms with Crippen LogP contribution in [0.3, 0.4) is 0 Å². The molecule has 22 heavy (non-hydrogen) atoms. The summed E-state index contributed by atoms with van der Waals surface area (Å²) in [6.07, 6.45) is 1.08. The average molecular weight is 322 g/mol. The first kappa shape index (κ1) is 16.6. The SMILES string of the molecule is CCC1CN(C(=O)NCc2ccc(C(=O)NN)cc2)CCS1. The van der Waals surface area contributed by atoms with Gasteiger partial charge in [0.15, 0.2) is 0 Å². The van der Waals surface area contributed by atoms with Crippen molar-refractivity contribution in [3.8, 4) is 0 Å². The van der Waals surface area contributed by atoms with Gasteiger partial charge in [0.25, 0.3) is 5.91 Å². The summed E-state index contributed by atoms with van der Waals surface area (Å²) in [4.78, 5) is 25.4. The van der Waals surface area contributed by atoms with Gasteiger partial charge >= 0.3 is 6.03 Å². The second-order valence-electron chi connectivity index (χ2n) is 5.18. The number of thioether (sulfide) groups is 1. The van der Waals surface area contributed by atoms with E-state index >= 15 is 0 Å². The maximum Gasteiger partial charge on any atom is 0.317 e. The highest BCUT2D eigenvalue weighted by Gasteiger charge is 2.22. The number of carbonyl (C=O) groups excluding carboxylic acids is 2. The van der Waals surface area contributed by atoms with Crippen molar-refractivity contribution in [1.82, 2.24) is 15.6 Å². The summed E-state index contributed by atoms with van der Waals surface area (Å²) < 4.78 is 0. The van der Waals surface area contributed by atoms with Gasteiger partial charge in [-0.25, -0.2) is 10.6 Å². The number of nitrogens with one attached hydrogen (secondary N) is 2. The molecule has 1 fully saturated rings. The lowest BCUT2D eigenvalue weighted by Crippen LogP contribution is -2.46. The van der Waals surface area contributed by atoms with Crippen LogP contribution in [0.25, 0.3) is 0 Å². The van der Waals surface area contributed by atoms with Crippen molar-refractivity contribution in [1.29, 1.82) is 0 Å². The Morgan fingerprint density at radius 3 is 2.73 bits per heavy atom. The topological polar surface area (TPSA) is 87.5 Å². The van der Waals surface area contributed by atoms with Crippen molar-refractivity contribution in [3.63, 3.8) is 0 Å². The Morgan fingerprint density at radius 1 is 1.36 bits per heavy atom. The van der Waals surface area contributed by atoms with Crippen molar-refractivity contribution >= 4 is 23.7 Å². The molecule has 0 aromatic heterocycles. The normalized spacial score (nSPS) is 17.9. The van der Waals surface area contributed by atoms with Gasteiger partial charge in [0.1, 0.15) is 0 Å². The molecule has 0 radical (unpaired) electrons. The van der Waals surface area contributed by atoms with Gasteiger partial charge in [-0.15, -0.1) is 0 Å². The van der Waals surface area contributed by atoms with Crippen molar-refractivity contribution in [3.05, 3.63) is 35.4 Å². The molecular weight excluding hydrogens is 300 g/mol. The van der Waals surface area contributed by atoms with E-state index in [-0.39, 0.29) is 11.9 Å². The van der Waals surface area contributed by atoms with Crippen molar-refractivity contribution in [2.24, 2.45) is 5.84 Å². The van der Waals surface area contributed by atoms with Gasteiger partial charge in [-0.1, -0.05) is 19.1 Å². The van der Waals surface area contributed by atoms with Gasteiger partial charge in [0.05, 0.1) is 0 Å². The number of hydrogen-bond donors (Lipinski definition) is 3. The van der Waals surface area contributed by atoms with Crippen LogP contribution in [0.2, 0.25) is 0 Å². The molecule has 120 valence electrons. The van der Waals surface area contributed by atoms with Crippen LogP contribution in [0, 0.1) is 0 Å². The number of hydrogen-bond acceptors (Lipinski definition) is 4. The van der Waals surface area contributed by atoms with Gasteiger partial charge in [0.2, 0.25) is 0 Å². The first-order valence-corrected chi connectivity index (χ1v) is 8.43. The van der Waals surface area contributed by atoms with E-state index in [4.69, 9.17) is 5.84 Å². The lowest BCUT2D eigenvalue weighted by molar-refractivity contribution is 0.0953. The highest BCUT2D eigenvalue weighted by Crippen LogP contribution is 2.20. The van der Waals surface area contributed by atoms with Gasteiger partial charge < -0.3 is 10.2 Å². The molecule has 6 nitrogen and oxygen atoms in total. The largest absolute Gasteiger partial charge is 0.334 e. The lowest BCUT2D eigenvalue weighted by atomic mass is 10.1. The molecule has 0 aliphatic carbocycles. The minimum Gasteiger partial charge on any atom is -0.334 e. The summed E-state index contributed by atoms with van der Waals surface area (Å²) in [5.41, 5.74) is 3.53. The number of amides is 3. The minimum absolute atomic E-state index is 0.0254. The Labute approximate surface area is 134 Å². The van der Waals surface area contributed by atoms with E-state index in [2.05, 4.69) is 17.7 Å². The number of nitrogens with two attached hydrogens (primary N) is 1. The summed E-state index contributed by atoms with van der Waals surface area (Å²) in [5.74, 6) is 5.75. The Hall–Kier alpha value is -1.73. The molecule has 0 saturated carbocycles. The summed E-state index contributed by atoms with van der Waals surface area (Å²) in [5, 5.41) is 3.46. The predicted molar refractivity (Wildman–Crippen MR) is 88.4 cm³/mol. The molecule has 1 heterocycles. The second kappa shape index (κ2) is 8.05. The Bertz CT molecular complexity index is 521. The summed E-state index contributed by atoms with van der Waals surface area (Å²) in [6.45, 7) is 4.20. The highest BCUT2D eigenvalue weighted by molar-refractivity contribution is 8.00. The monoisotopic (exact) mass is 322 g/mol. The Morgan fingerprint density at radius 2 is 2.09 bits per heavy atom. The van der Waals surface area contributed by atoms with Gasteiger partial charge in [-0.3, -0.25) is 10.2 Å². The third-order valence-corrected chi connectivity index (χ3v) is 5.04. The highest BCUT2D eigenvalue weighted by atomic mass is 32.2. The van der Waals surface area contributed by atoms with Crippen LogP contribution in [0.5, 0.6) is 0 Å². The van der Waals surface area contributed by atoms with Gasteiger partial charge in [-0.05, 0) is 24.1 Å². The molecule has 2 rings (SSSR count). The number of urea groups is 1. The van der Waals surface area contributed by atoms with E-state index in [9.17, 15) is 9.59 Å². The molecule has 3 amide bonds. The fourth-order valence-corrected chi connectivity index (χ4v) is 3.48. The second-order valence-corrected chi connectivity index (χ2v) is 6.58. The summed E-state index contributed by atoms with van der Waals surface area (Å²) >= 11 is 1.94. The van der Waals surface area contributed by atoms with Crippen molar-refractivity contribution in [2.75, 3.05) is 18.8 Å². The van der Waals surface area contributed by atoms with Crippen molar-refractivity contribution < 1.29 is 9.59 Å². The molecular formula is C15H22N4O2S. The van der Waals surface area contributed by atoms with Crippen LogP contribution in [-0.4, -0.2) is 40.9 Å². The zero-order chi connectivity index (χ0) is 15.9. The van der Waals surface area contributed by atoms with Crippen LogP contribution in [-0.2, 0) is 6.54 Å². The maximum absolute atomic E-state index is 12.2. The first-order valence-electron chi connectivity index (χ1n) is 7.38. The van der Waals surface area contributed by atoms with E-state index in [0.717, 1.165) is 30.8 Å². The zero-order valence-electron chi connectivity index (χ0n) is 12.7. The molecule has 1 aromatic rings. The number of nitrogens with zero attached hydrogens (tertiary/aromatic N) is 1. The third-order valence-electron chi connectivity index (χ3n) is 3.67. The molecule has 1 saturated heterocycles. The van der Waals surface area contributed by atoms with Gasteiger partial charge in [0, 0.05) is 36.2 Å². The molecule has 1 atom stereocenters. The Balaban J connectivity index is 1.84. The fourth-order valence-electron chi connectivity index (χ4n) is 2.30. The van der Waals surface area contributed by atoms with Crippen LogP contribution in [0.4, 0.5) is 4.79 Å². The van der Waals surface area contributed by atoms with E-state index < -0.39 is 0 Å². The molecule has 1 aliphatic heterocycles. The first-order chi connectivity index (χ1) is 10.6. The minimum atomic E-state index is -0.327. The van der Waals surface area contributed by atoms with E-state index in [1.807, 2.05) is 28.8 Å². The summed E-state index contributed by atoms with van der Waals surface area (Å²) in [6, 6.07) is 6.97. The number of benzene rings is 1. The van der Waals surface area contributed by atoms with Crippen LogP contribution in [0.1, 0.15) is 29.3 Å². The van der Waals surface area contributed by atoms with Crippen LogP contribution >= 0.6 is 11.8 Å². The molecule has 7 heteroatoms. The van der Waals surface area contributed by atoms with Crippen LogP contribution in [0.15, 0.2) is 24.3 Å². The Kier molecular flexibility index (Phi) is 6.09. The predicted octanol–water partition coefficient (Wildman–Crippen LogP) is 1.33. The van der Waals surface area contributed by atoms with Crippen LogP contribution < -0.4 is 16.6 Å². The summed E-state index contributed by atoms with van der Waals surface area (Å²) in [7, 11) is 0. The third kappa shape index (κ3) is 4.38. The lowest BCUT2D eigenvalue weighted by Gasteiger charge is -2.31. The van der Waals surface area contributed by atoms with E-state index in [1.54, 1.807) is 12.1 Å². The number of hydrazine groups is 1. The number of rotatable bonds is 4. The quantitative estimate of drug-likeness (QED) is 0.443. The maximum atomic E-state index is 12.2. The average Bonchev–Trinajstić information content (AvgIpc) is 2.59. The number of nitrogen functional groups attached to an aromatic ring is 1. The molecule has 0 spiro atoms. The van der Waals surface area contributed by atoms with Gasteiger partial charge in [-0.2, -0.15) is 11.8 Å². The zero-order valence-corrected chi connectivity index (χ0v) is 13.5. The fraction of sp³-hybridized carbons (Fsp3) is 0.467. The molecule has 0 bridgehead atoms. The standard InChI is InChI=1S/C15H22N4O2S/c1-2-13-10-19(7-8-22-13)15(21)17-9-11-3-5-12(6-4-11)14(20)18-16/h3-6,13H,2,7-10,16H2,1H3,(H,17,21)(H,18,20). The number of carbonyl (C=O) groups is 2. The molecule has 1 unspecified atom stereocenters. The van der Waals surface area contributed by atoms with Crippen molar-refractivity contribution in [2.45, 2.75) is 25.1 Å². The van der Waals surface area contributed by atoms with E-state index in [1.165, 1.54) is 0 Å². The smallest absolute Gasteiger partial charge is 0.317 e. The molecule has 1 aromatic carbocycles. The molecule has 1 aliphatic rings. The molecule has 4 N–H and O–H groups in total.